The van der Waals surface area contributed by atoms with Crippen LogP contribution in [0.1, 0.15) is 31.9 Å². The van der Waals surface area contributed by atoms with Crippen molar-refractivity contribution in [1.29, 1.82) is 0 Å². The SMILES string of the molecule is CCC1CCCN1c1cnc(CN)cn1. The molecule has 1 saturated heterocycles. The standard InChI is InChI=1S/C11H18N4/c1-2-10-4-3-5-15(10)11-8-13-9(6-12)7-14-11/h7-8,10H,2-6,12H2,1H3. The number of hydrogen-bond donors (Lipinski definition) is 1. The zero-order valence-electron chi connectivity index (χ0n) is 9.19. The predicted octanol–water partition coefficient (Wildman–Crippen LogP) is 1.31. The Balaban J connectivity index is 2.14. The van der Waals surface area contributed by atoms with Gasteiger partial charge < -0.3 is 10.6 Å². The van der Waals surface area contributed by atoms with Crippen LogP contribution in [0.4, 0.5) is 5.82 Å². The largest absolute Gasteiger partial charge is 0.352 e. The van der Waals surface area contributed by atoms with Crippen molar-refractivity contribution in [2.24, 2.45) is 5.73 Å². The van der Waals surface area contributed by atoms with Crippen LogP contribution in [-0.2, 0) is 6.54 Å². The van der Waals surface area contributed by atoms with E-state index in [4.69, 9.17) is 5.73 Å². The fourth-order valence-corrected chi connectivity index (χ4v) is 2.16. The van der Waals surface area contributed by atoms with Crippen molar-refractivity contribution < 1.29 is 0 Å². The van der Waals surface area contributed by atoms with Crippen LogP contribution < -0.4 is 10.6 Å². The zero-order valence-corrected chi connectivity index (χ0v) is 9.19. The minimum atomic E-state index is 0.463. The van der Waals surface area contributed by atoms with Gasteiger partial charge in [0.05, 0.1) is 18.1 Å². The Morgan fingerprint density at radius 2 is 2.33 bits per heavy atom. The molecule has 2 heterocycles. The second kappa shape index (κ2) is 4.57. The van der Waals surface area contributed by atoms with Crippen molar-refractivity contribution in [1.82, 2.24) is 9.97 Å². The monoisotopic (exact) mass is 206 g/mol. The van der Waals surface area contributed by atoms with Crippen LogP contribution >= 0.6 is 0 Å². The lowest BCUT2D eigenvalue weighted by molar-refractivity contribution is 0.639. The summed E-state index contributed by atoms with van der Waals surface area (Å²) in [5.41, 5.74) is 6.34. The highest BCUT2D eigenvalue weighted by atomic mass is 15.2. The number of anilines is 1. The van der Waals surface area contributed by atoms with Crippen molar-refractivity contribution in [3.8, 4) is 0 Å². The summed E-state index contributed by atoms with van der Waals surface area (Å²) in [6.45, 7) is 3.80. The van der Waals surface area contributed by atoms with Crippen LogP contribution in [0.3, 0.4) is 0 Å². The van der Waals surface area contributed by atoms with Gasteiger partial charge in [-0.3, -0.25) is 4.98 Å². The second-order valence-corrected chi connectivity index (χ2v) is 3.97. The van der Waals surface area contributed by atoms with Gasteiger partial charge in [-0.15, -0.1) is 0 Å². The summed E-state index contributed by atoms with van der Waals surface area (Å²) >= 11 is 0. The molecule has 2 N–H and O–H groups in total. The summed E-state index contributed by atoms with van der Waals surface area (Å²) in [5.74, 6) is 0.997. The molecule has 1 aromatic rings. The fraction of sp³-hybridized carbons (Fsp3) is 0.636. The van der Waals surface area contributed by atoms with Crippen molar-refractivity contribution in [3.05, 3.63) is 18.1 Å². The van der Waals surface area contributed by atoms with E-state index >= 15 is 0 Å². The quantitative estimate of drug-likeness (QED) is 0.810. The zero-order chi connectivity index (χ0) is 10.7. The molecule has 4 heteroatoms. The molecule has 1 fully saturated rings. The van der Waals surface area contributed by atoms with Gasteiger partial charge in [0.1, 0.15) is 5.82 Å². The normalized spacial score (nSPS) is 20.9. The van der Waals surface area contributed by atoms with Crippen LogP contribution in [0.2, 0.25) is 0 Å². The number of rotatable bonds is 3. The Morgan fingerprint density at radius 3 is 2.93 bits per heavy atom. The van der Waals surface area contributed by atoms with Gasteiger partial charge in [0, 0.05) is 19.1 Å². The molecule has 1 atom stereocenters. The topological polar surface area (TPSA) is 55.0 Å². The van der Waals surface area contributed by atoms with E-state index in [2.05, 4.69) is 21.8 Å². The van der Waals surface area contributed by atoms with E-state index in [9.17, 15) is 0 Å². The molecule has 0 aliphatic carbocycles. The molecule has 0 saturated carbocycles. The highest BCUT2D eigenvalue weighted by Crippen LogP contribution is 2.24. The van der Waals surface area contributed by atoms with Gasteiger partial charge in [-0.1, -0.05) is 6.92 Å². The van der Waals surface area contributed by atoms with Gasteiger partial charge in [0.25, 0.3) is 0 Å². The first-order valence-corrected chi connectivity index (χ1v) is 5.62. The van der Waals surface area contributed by atoms with Crippen LogP contribution in [0.5, 0.6) is 0 Å². The molecular weight excluding hydrogens is 188 g/mol. The lowest BCUT2D eigenvalue weighted by atomic mass is 10.2. The highest BCUT2D eigenvalue weighted by Gasteiger charge is 2.23. The van der Waals surface area contributed by atoms with E-state index in [0.717, 1.165) is 18.1 Å². The van der Waals surface area contributed by atoms with Gasteiger partial charge >= 0.3 is 0 Å². The minimum absolute atomic E-state index is 0.463. The lowest BCUT2D eigenvalue weighted by Gasteiger charge is -2.24. The first-order chi connectivity index (χ1) is 7.35. The highest BCUT2D eigenvalue weighted by molar-refractivity contribution is 5.38. The molecule has 1 aromatic heterocycles. The Morgan fingerprint density at radius 1 is 1.47 bits per heavy atom. The predicted molar refractivity (Wildman–Crippen MR) is 60.6 cm³/mol. The molecule has 2 rings (SSSR count). The van der Waals surface area contributed by atoms with Gasteiger partial charge in [-0.25, -0.2) is 4.98 Å². The average molecular weight is 206 g/mol. The molecule has 0 spiro atoms. The fourth-order valence-electron chi connectivity index (χ4n) is 2.16. The van der Waals surface area contributed by atoms with Gasteiger partial charge in [-0.2, -0.15) is 0 Å². The molecule has 0 aromatic carbocycles. The van der Waals surface area contributed by atoms with Gasteiger partial charge in [0.15, 0.2) is 0 Å². The maximum Gasteiger partial charge on any atom is 0.147 e. The van der Waals surface area contributed by atoms with Gasteiger partial charge in [0.2, 0.25) is 0 Å². The van der Waals surface area contributed by atoms with Crippen molar-refractivity contribution in [2.45, 2.75) is 38.8 Å². The number of nitrogens with two attached hydrogens (primary N) is 1. The van der Waals surface area contributed by atoms with E-state index < -0.39 is 0 Å². The third-order valence-corrected chi connectivity index (χ3v) is 3.04. The smallest absolute Gasteiger partial charge is 0.147 e. The maximum absolute atomic E-state index is 5.49. The number of aromatic nitrogens is 2. The summed E-state index contributed by atoms with van der Waals surface area (Å²) in [6, 6.07) is 0.642. The van der Waals surface area contributed by atoms with Crippen LogP contribution in [-0.4, -0.2) is 22.6 Å². The molecule has 4 nitrogen and oxygen atoms in total. The Kier molecular flexibility index (Phi) is 3.16. The summed E-state index contributed by atoms with van der Waals surface area (Å²) in [4.78, 5) is 11.0. The molecule has 0 amide bonds. The summed E-state index contributed by atoms with van der Waals surface area (Å²) in [7, 11) is 0. The molecular formula is C11H18N4. The van der Waals surface area contributed by atoms with Crippen LogP contribution in [0, 0.1) is 0 Å². The van der Waals surface area contributed by atoms with E-state index in [-0.39, 0.29) is 0 Å². The average Bonchev–Trinajstić information content (AvgIpc) is 2.77. The van der Waals surface area contributed by atoms with E-state index in [0.29, 0.717) is 12.6 Å². The third kappa shape index (κ3) is 2.09. The summed E-state index contributed by atoms with van der Waals surface area (Å²) in [5, 5.41) is 0. The van der Waals surface area contributed by atoms with E-state index in [1.165, 1.54) is 19.3 Å². The second-order valence-electron chi connectivity index (χ2n) is 3.97. The Labute approximate surface area is 90.5 Å². The molecule has 0 radical (unpaired) electrons. The molecule has 1 aliphatic heterocycles. The van der Waals surface area contributed by atoms with Crippen LogP contribution in [0.15, 0.2) is 12.4 Å². The first kappa shape index (κ1) is 10.4. The van der Waals surface area contributed by atoms with E-state index in [1.807, 2.05) is 6.20 Å². The lowest BCUT2D eigenvalue weighted by Crippen LogP contribution is -2.29. The molecule has 15 heavy (non-hydrogen) atoms. The molecule has 1 aliphatic rings. The Bertz CT molecular complexity index is 309. The van der Waals surface area contributed by atoms with Crippen LogP contribution in [0.25, 0.3) is 0 Å². The van der Waals surface area contributed by atoms with Crippen molar-refractivity contribution >= 4 is 5.82 Å². The Hall–Kier alpha value is -1.16. The van der Waals surface area contributed by atoms with Crippen molar-refractivity contribution in [3.63, 3.8) is 0 Å². The molecule has 1 unspecified atom stereocenters. The molecule has 0 bridgehead atoms. The van der Waals surface area contributed by atoms with Gasteiger partial charge in [-0.05, 0) is 19.3 Å². The third-order valence-electron chi connectivity index (χ3n) is 3.04. The molecule has 82 valence electrons. The maximum atomic E-state index is 5.49. The first-order valence-electron chi connectivity index (χ1n) is 5.62. The summed E-state index contributed by atoms with van der Waals surface area (Å²) in [6.07, 6.45) is 7.34. The summed E-state index contributed by atoms with van der Waals surface area (Å²) < 4.78 is 0. The van der Waals surface area contributed by atoms with Crippen molar-refractivity contribution in [2.75, 3.05) is 11.4 Å². The minimum Gasteiger partial charge on any atom is -0.352 e. The number of hydrogen-bond acceptors (Lipinski definition) is 4. The number of nitrogens with zero attached hydrogens (tertiary/aromatic N) is 3. The van der Waals surface area contributed by atoms with E-state index in [1.54, 1.807) is 6.20 Å².